The van der Waals surface area contributed by atoms with E-state index in [2.05, 4.69) is 34.7 Å². The number of nitrogens with one attached hydrogen (secondary N) is 2. The lowest BCUT2D eigenvalue weighted by Crippen LogP contribution is -2.23. The van der Waals surface area contributed by atoms with Gasteiger partial charge < -0.3 is 20.1 Å². The van der Waals surface area contributed by atoms with E-state index in [1.165, 1.54) is 5.56 Å². The summed E-state index contributed by atoms with van der Waals surface area (Å²) in [6.45, 7) is 2.75. The fourth-order valence-corrected chi connectivity index (χ4v) is 2.96. The lowest BCUT2D eigenvalue weighted by Gasteiger charge is -2.09. The molecule has 4 rings (SSSR count). The van der Waals surface area contributed by atoms with E-state index in [4.69, 9.17) is 9.47 Å². The van der Waals surface area contributed by atoms with Crippen LogP contribution in [0.25, 0.3) is 0 Å². The number of ether oxygens (including phenoxy) is 2. The smallest absolute Gasteiger partial charge is 0.253 e. The molecule has 0 atom stereocenters. The molecule has 0 aliphatic carbocycles. The predicted molar refractivity (Wildman–Crippen MR) is 107 cm³/mol. The number of fused-ring (bicyclic) bond motifs is 1. The molecule has 1 amide bonds. The fourth-order valence-electron chi connectivity index (χ4n) is 2.96. The summed E-state index contributed by atoms with van der Waals surface area (Å²) in [5.41, 5.74) is 4.43. The number of hydrogen-bond acceptors (Lipinski definition) is 5. The van der Waals surface area contributed by atoms with Crippen molar-refractivity contribution in [2.45, 2.75) is 19.9 Å². The molecule has 0 bridgehead atoms. The van der Waals surface area contributed by atoms with Gasteiger partial charge in [0.15, 0.2) is 11.5 Å². The van der Waals surface area contributed by atoms with Crippen LogP contribution in [-0.4, -0.2) is 17.7 Å². The zero-order valence-electron chi connectivity index (χ0n) is 15.6. The minimum Gasteiger partial charge on any atom is -0.454 e. The Bertz CT molecular complexity index is 987. The number of nitrogens with zero attached hydrogens (tertiary/aromatic N) is 1. The third kappa shape index (κ3) is 4.06. The van der Waals surface area contributed by atoms with Crippen molar-refractivity contribution in [2.75, 3.05) is 12.1 Å². The Morgan fingerprint density at radius 1 is 0.964 bits per heavy atom. The lowest BCUT2D eigenvalue weighted by atomic mass is 10.1. The second kappa shape index (κ2) is 8.00. The van der Waals surface area contributed by atoms with Crippen LogP contribution in [0.15, 0.2) is 60.9 Å². The van der Waals surface area contributed by atoms with Gasteiger partial charge in [0.25, 0.3) is 5.91 Å². The molecule has 0 unspecified atom stereocenters. The predicted octanol–water partition coefficient (Wildman–Crippen LogP) is 4.05. The zero-order valence-corrected chi connectivity index (χ0v) is 15.6. The Hall–Kier alpha value is -3.54. The number of benzene rings is 2. The van der Waals surface area contributed by atoms with Crippen molar-refractivity contribution in [1.29, 1.82) is 0 Å². The van der Waals surface area contributed by atoms with Crippen molar-refractivity contribution in [3.8, 4) is 11.5 Å². The highest BCUT2D eigenvalue weighted by Gasteiger charge is 2.14. The normalized spacial score (nSPS) is 11.9. The molecule has 3 aromatic rings. The Morgan fingerprint density at radius 3 is 2.57 bits per heavy atom. The zero-order chi connectivity index (χ0) is 19.3. The van der Waals surface area contributed by atoms with Gasteiger partial charge in [-0.1, -0.05) is 25.1 Å². The van der Waals surface area contributed by atoms with Gasteiger partial charge in [0, 0.05) is 18.4 Å². The standard InChI is InChI=1S/C22H21N3O3/c1-2-15-3-6-18(7-4-15)25-19-10-17(12-23-13-19)22(26)24-11-16-5-8-20-21(9-16)28-14-27-20/h3-10,12-13,25H,2,11,14H2,1H3,(H,24,26). The Kier molecular flexibility index (Phi) is 5.10. The molecule has 0 fully saturated rings. The van der Waals surface area contributed by atoms with E-state index in [1.807, 2.05) is 30.3 Å². The molecule has 142 valence electrons. The number of rotatable bonds is 6. The van der Waals surface area contributed by atoms with Gasteiger partial charge >= 0.3 is 0 Å². The summed E-state index contributed by atoms with van der Waals surface area (Å²) in [5.74, 6) is 1.24. The summed E-state index contributed by atoms with van der Waals surface area (Å²) < 4.78 is 10.7. The van der Waals surface area contributed by atoms with Crippen LogP contribution in [0.1, 0.15) is 28.4 Å². The fraction of sp³-hybridized carbons (Fsp3) is 0.182. The maximum atomic E-state index is 12.5. The highest BCUT2D eigenvalue weighted by atomic mass is 16.7. The number of pyridine rings is 1. The maximum Gasteiger partial charge on any atom is 0.253 e. The van der Waals surface area contributed by atoms with Crippen molar-refractivity contribution in [2.24, 2.45) is 0 Å². The molecule has 6 nitrogen and oxygen atoms in total. The van der Waals surface area contributed by atoms with Crippen LogP contribution in [0.4, 0.5) is 11.4 Å². The van der Waals surface area contributed by atoms with Crippen LogP contribution in [-0.2, 0) is 13.0 Å². The summed E-state index contributed by atoms with van der Waals surface area (Å²) in [7, 11) is 0. The van der Waals surface area contributed by atoms with Gasteiger partial charge in [-0.2, -0.15) is 0 Å². The Morgan fingerprint density at radius 2 is 1.75 bits per heavy atom. The van der Waals surface area contributed by atoms with Crippen molar-refractivity contribution in [3.05, 3.63) is 77.6 Å². The van der Waals surface area contributed by atoms with Gasteiger partial charge in [0.2, 0.25) is 6.79 Å². The van der Waals surface area contributed by atoms with E-state index in [9.17, 15) is 4.79 Å². The first-order chi connectivity index (χ1) is 13.7. The first-order valence-corrected chi connectivity index (χ1v) is 9.19. The van der Waals surface area contributed by atoms with Gasteiger partial charge in [0.1, 0.15) is 0 Å². The van der Waals surface area contributed by atoms with Crippen LogP contribution in [0.3, 0.4) is 0 Å². The van der Waals surface area contributed by atoms with Gasteiger partial charge in [-0.3, -0.25) is 9.78 Å². The van der Waals surface area contributed by atoms with Crippen LogP contribution >= 0.6 is 0 Å². The third-order valence-electron chi connectivity index (χ3n) is 4.54. The van der Waals surface area contributed by atoms with E-state index < -0.39 is 0 Å². The summed E-state index contributed by atoms with van der Waals surface area (Å²) in [4.78, 5) is 16.7. The highest BCUT2D eigenvalue weighted by Crippen LogP contribution is 2.32. The molecule has 1 aromatic heterocycles. The first-order valence-electron chi connectivity index (χ1n) is 9.19. The second-order valence-corrected chi connectivity index (χ2v) is 6.51. The van der Waals surface area contributed by atoms with Gasteiger partial charge in [0.05, 0.1) is 17.4 Å². The summed E-state index contributed by atoms with van der Waals surface area (Å²) in [6, 6.07) is 15.6. The quantitative estimate of drug-likeness (QED) is 0.680. The van der Waals surface area contributed by atoms with E-state index in [0.29, 0.717) is 17.9 Å². The van der Waals surface area contributed by atoms with Crippen molar-refractivity contribution in [3.63, 3.8) is 0 Å². The first kappa shape index (κ1) is 17.9. The van der Waals surface area contributed by atoms with Crippen LogP contribution in [0.5, 0.6) is 11.5 Å². The molecule has 28 heavy (non-hydrogen) atoms. The van der Waals surface area contributed by atoms with Crippen LogP contribution in [0.2, 0.25) is 0 Å². The molecular formula is C22H21N3O3. The van der Waals surface area contributed by atoms with Crippen molar-refractivity contribution in [1.82, 2.24) is 10.3 Å². The monoisotopic (exact) mass is 375 g/mol. The van der Waals surface area contributed by atoms with E-state index >= 15 is 0 Å². The summed E-state index contributed by atoms with van der Waals surface area (Å²) in [5, 5.41) is 6.19. The number of carbonyl (C=O) groups excluding carboxylic acids is 1. The molecule has 0 saturated carbocycles. The molecule has 1 aliphatic heterocycles. The molecule has 2 heterocycles. The third-order valence-corrected chi connectivity index (χ3v) is 4.54. The van der Waals surface area contributed by atoms with Gasteiger partial charge in [-0.15, -0.1) is 0 Å². The number of aromatic nitrogens is 1. The minimum atomic E-state index is -0.185. The topological polar surface area (TPSA) is 72.5 Å². The summed E-state index contributed by atoms with van der Waals surface area (Å²) in [6.07, 6.45) is 4.25. The lowest BCUT2D eigenvalue weighted by molar-refractivity contribution is 0.0950. The largest absolute Gasteiger partial charge is 0.454 e. The molecule has 2 N–H and O–H groups in total. The molecule has 0 radical (unpaired) electrons. The highest BCUT2D eigenvalue weighted by molar-refractivity contribution is 5.94. The summed E-state index contributed by atoms with van der Waals surface area (Å²) >= 11 is 0. The molecule has 6 heteroatoms. The van der Waals surface area contributed by atoms with Crippen LogP contribution in [0, 0.1) is 0 Å². The number of anilines is 2. The van der Waals surface area contributed by atoms with E-state index in [1.54, 1.807) is 18.5 Å². The number of hydrogen-bond donors (Lipinski definition) is 2. The van der Waals surface area contributed by atoms with Gasteiger partial charge in [-0.05, 0) is 47.9 Å². The van der Waals surface area contributed by atoms with E-state index in [0.717, 1.165) is 29.1 Å². The minimum absolute atomic E-state index is 0.185. The molecule has 1 aliphatic rings. The number of carbonyl (C=O) groups is 1. The Labute approximate surface area is 163 Å². The van der Waals surface area contributed by atoms with Crippen molar-refractivity contribution < 1.29 is 14.3 Å². The molecular weight excluding hydrogens is 354 g/mol. The maximum absolute atomic E-state index is 12.5. The van der Waals surface area contributed by atoms with Crippen LogP contribution < -0.4 is 20.1 Å². The SMILES string of the molecule is CCc1ccc(Nc2cncc(C(=O)NCc3ccc4c(c3)OCO4)c2)cc1. The Balaban J connectivity index is 1.39. The average molecular weight is 375 g/mol. The molecule has 0 saturated heterocycles. The number of amides is 1. The number of aryl methyl sites for hydroxylation is 1. The van der Waals surface area contributed by atoms with Gasteiger partial charge in [-0.25, -0.2) is 0 Å². The molecule has 2 aromatic carbocycles. The molecule has 0 spiro atoms. The van der Waals surface area contributed by atoms with E-state index in [-0.39, 0.29) is 12.7 Å². The van der Waals surface area contributed by atoms with Crippen molar-refractivity contribution >= 4 is 17.3 Å². The second-order valence-electron chi connectivity index (χ2n) is 6.51. The average Bonchev–Trinajstić information content (AvgIpc) is 3.20.